The molecule has 1 heterocycles. The minimum atomic E-state index is -0.0556. The van der Waals surface area contributed by atoms with Gasteiger partial charge in [-0.2, -0.15) is 0 Å². The zero-order chi connectivity index (χ0) is 16.9. The van der Waals surface area contributed by atoms with Crippen LogP contribution in [0.4, 0.5) is 11.4 Å². The number of hydrogen-bond acceptors (Lipinski definition) is 2. The van der Waals surface area contributed by atoms with Crippen molar-refractivity contribution >= 4 is 34.8 Å². The fraction of sp³-hybridized carbons (Fsp3) is 0.263. The van der Waals surface area contributed by atoms with Gasteiger partial charge in [0.1, 0.15) is 0 Å². The summed E-state index contributed by atoms with van der Waals surface area (Å²) in [5.74, 6) is 0.103. The van der Waals surface area contributed by atoms with Crippen LogP contribution < -0.4 is 10.2 Å². The molecule has 0 aliphatic carbocycles. The minimum Gasteiger partial charge on any atom is -0.326 e. The van der Waals surface area contributed by atoms with Crippen LogP contribution in [0.25, 0.3) is 0 Å². The molecule has 0 spiro atoms. The van der Waals surface area contributed by atoms with Crippen LogP contribution in [0.3, 0.4) is 0 Å². The van der Waals surface area contributed by atoms with Gasteiger partial charge in [0.05, 0.1) is 0 Å². The van der Waals surface area contributed by atoms with Crippen LogP contribution in [0, 0.1) is 0 Å². The van der Waals surface area contributed by atoms with E-state index in [0.29, 0.717) is 24.3 Å². The molecule has 1 saturated heterocycles. The molecule has 5 heteroatoms. The van der Waals surface area contributed by atoms with E-state index in [1.807, 2.05) is 48.5 Å². The van der Waals surface area contributed by atoms with Crippen LogP contribution in [-0.2, 0) is 16.0 Å². The van der Waals surface area contributed by atoms with Crippen LogP contribution >= 0.6 is 11.6 Å². The predicted octanol–water partition coefficient (Wildman–Crippen LogP) is 4.04. The standard InChI is InChI=1S/C19H19ClN2O2/c20-17-5-2-1-4-14(17)7-12-18(23)21-15-8-10-16(11-9-15)22-13-3-6-19(22)24/h1-2,4-5,8-11H,3,6-7,12-13H2,(H,21,23). The number of nitrogens with one attached hydrogen (secondary N) is 1. The molecule has 2 aromatic carbocycles. The highest BCUT2D eigenvalue weighted by atomic mass is 35.5. The van der Waals surface area contributed by atoms with Gasteiger partial charge >= 0.3 is 0 Å². The van der Waals surface area contributed by atoms with Crippen molar-refractivity contribution in [3.63, 3.8) is 0 Å². The summed E-state index contributed by atoms with van der Waals surface area (Å²) in [6, 6.07) is 14.9. The molecule has 2 aromatic rings. The van der Waals surface area contributed by atoms with Crippen LogP contribution in [-0.4, -0.2) is 18.4 Å². The lowest BCUT2D eigenvalue weighted by Gasteiger charge is -2.16. The largest absolute Gasteiger partial charge is 0.326 e. The molecule has 4 nitrogen and oxygen atoms in total. The van der Waals surface area contributed by atoms with Crippen molar-refractivity contribution in [1.82, 2.24) is 0 Å². The van der Waals surface area contributed by atoms with Gasteiger partial charge in [-0.15, -0.1) is 0 Å². The molecule has 0 unspecified atom stereocenters. The lowest BCUT2D eigenvalue weighted by Crippen LogP contribution is -2.23. The van der Waals surface area contributed by atoms with Crippen LogP contribution in [0.15, 0.2) is 48.5 Å². The van der Waals surface area contributed by atoms with Crippen LogP contribution in [0.1, 0.15) is 24.8 Å². The topological polar surface area (TPSA) is 49.4 Å². The Morgan fingerprint density at radius 1 is 1.12 bits per heavy atom. The molecule has 0 aromatic heterocycles. The van der Waals surface area contributed by atoms with Crippen LogP contribution in [0.5, 0.6) is 0 Å². The zero-order valence-corrected chi connectivity index (χ0v) is 14.1. The van der Waals surface area contributed by atoms with Gasteiger partial charge in [0.15, 0.2) is 0 Å². The average Bonchev–Trinajstić information content (AvgIpc) is 3.01. The lowest BCUT2D eigenvalue weighted by molar-refractivity contribution is -0.117. The molecule has 1 N–H and O–H groups in total. The molecule has 1 fully saturated rings. The number of hydrogen-bond donors (Lipinski definition) is 1. The third kappa shape index (κ3) is 3.95. The maximum Gasteiger partial charge on any atom is 0.227 e. The normalized spacial score (nSPS) is 14.0. The summed E-state index contributed by atoms with van der Waals surface area (Å²) in [6.07, 6.45) is 2.49. The van der Waals surface area contributed by atoms with Gasteiger partial charge in [0.2, 0.25) is 11.8 Å². The fourth-order valence-electron chi connectivity index (χ4n) is 2.82. The van der Waals surface area contributed by atoms with E-state index in [1.165, 1.54) is 0 Å². The molecular weight excluding hydrogens is 324 g/mol. The van der Waals surface area contributed by atoms with Gasteiger partial charge in [-0.3, -0.25) is 9.59 Å². The summed E-state index contributed by atoms with van der Waals surface area (Å²) in [4.78, 5) is 25.6. The Kier molecular flexibility index (Phi) is 5.16. The van der Waals surface area contributed by atoms with E-state index in [-0.39, 0.29) is 11.8 Å². The molecule has 0 radical (unpaired) electrons. The number of nitrogens with zero attached hydrogens (tertiary/aromatic N) is 1. The highest BCUT2D eigenvalue weighted by Crippen LogP contribution is 2.23. The lowest BCUT2D eigenvalue weighted by atomic mass is 10.1. The third-order valence-electron chi connectivity index (χ3n) is 4.12. The van der Waals surface area contributed by atoms with Gasteiger partial charge in [0, 0.05) is 35.8 Å². The Hall–Kier alpha value is -2.33. The highest BCUT2D eigenvalue weighted by molar-refractivity contribution is 6.31. The highest BCUT2D eigenvalue weighted by Gasteiger charge is 2.21. The second-order valence-corrected chi connectivity index (χ2v) is 6.24. The van der Waals surface area contributed by atoms with Crippen molar-refractivity contribution in [3.8, 4) is 0 Å². The summed E-state index contributed by atoms with van der Waals surface area (Å²) >= 11 is 6.10. The first kappa shape index (κ1) is 16.5. The van der Waals surface area contributed by atoms with Gasteiger partial charge in [-0.1, -0.05) is 29.8 Å². The number of rotatable bonds is 5. The van der Waals surface area contributed by atoms with Crippen molar-refractivity contribution in [2.45, 2.75) is 25.7 Å². The molecular formula is C19H19ClN2O2. The smallest absolute Gasteiger partial charge is 0.227 e. The molecule has 0 atom stereocenters. The number of amides is 2. The molecule has 3 rings (SSSR count). The minimum absolute atomic E-state index is 0.0556. The van der Waals surface area contributed by atoms with E-state index in [1.54, 1.807) is 4.90 Å². The molecule has 0 saturated carbocycles. The van der Waals surface area contributed by atoms with Gasteiger partial charge in [-0.05, 0) is 48.7 Å². The monoisotopic (exact) mass is 342 g/mol. The number of anilines is 2. The van der Waals surface area contributed by atoms with Gasteiger partial charge in [-0.25, -0.2) is 0 Å². The number of aryl methyl sites for hydroxylation is 1. The van der Waals surface area contributed by atoms with Crippen molar-refractivity contribution < 1.29 is 9.59 Å². The van der Waals surface area contributed by atoms with E-state index in [0.717, 1.165) is 29.9 Å². The third-order valence-corrected chi connectivity index (χ3v) is 4.48. The molecule has 1 aliphatic rings. The van der Waals surface area contributed by atoms with E-state index >= 15 is 0 Å². The van der Waals surface area contributed by atoms with Crippen LogP contribution in [0.2, 0.25) is 5.02 Å². The zero-order valence-electron chi connectivity index (χ0n) is 13.3. The summed E-state index contributed by atoms with van der Waals surface area (Å²) in [6.45, 7) is 0.766. The first-order valence-electron chi connectivity index (χ1n) is 8.07. The van der Waals surface area contributed by atoms with Crippen molar-refractivity contribution in [2.24, 2.45) is 0 Å². The van der Waals surface area contributed by atoms with Gasteiger partial charge < -0.3 is 10.2 Å². The number of carbonyl (C=O) groups is 2. The summed E-state index contributed by atoms with van der Waals surface area (Å²) in [5.41, 5.74) is 2.58. The van der Waals surface area contributed by atoms with Crippen molar-refractivity contribution in [2.75, 3.05) is 16.8 Å². The van der Waals surface area contributed by atoms with E-state index in [4.69, 9.17) is 11.6 Å². The second-order valence-electron chi connectivity index (χ2n) is 5.84. The Bertz CT molecular complexity index is 743. The Balaban J connectivity index is 1.55. The predicted molar refractivity (Wildman–Crippen MR) is 96.4 cm³/mol. The Labute approximate surface area is 146 Å². The van der Waals surface area contributed by atoms with Crippen molar-refractivity contribution in [1.29, 1.82) is 0 Å². The van der Waals surface area contributed by atoms with E-state index < -0.39 is 0 Å². The van der Waals surface area contributed by atoms with E-state index in [9.17, 15) is 9.59 Å². The number of halogens is 1. The van der Waals surface area contributed by atoms with E-state index in [2.05, 4.69) is 5.32 Å². The average molecular weight is 343 g/mol. The first-order chi connectivity index (χ1) is 11.6. The maximum absolute atomic E-state index is 12.1. The second kappa shape index (κ2) is 7.49. The first-order valence-corrected chi connectivity index (χ1v) is 8.45. The van der Waals surface area contributed by atoms with Crippen molar-refractivity contribution in [3.05, 3.63) is 59.1 Å². The van der Waals surface area contributed by atoms with Gasteiger partial charge in [0.25, 0.3) is 0 Å². The molecule has 124 valence electrons. The fourth-order valence-corrected chi connectivity index (χ4v) is 3.05. The SMILES string of the molecule is O=C(CCc1ccccc1Cl)Nc1ccc(N2CCCC2=O)cc1. The number of carbonyl (C=O) groups excluding carboxylic acids is 2. The molecule has 0 bridgehead atoms. The molecule has 1 aliphatic heterocycles. The summed E-state index contributed by atoms with van der Waals surface area (Å²) < 4.78 is 0. The molecule has 2 amide bonds. The summed E-state index contributed by atoms with van der Waals surface area (Å²) in [7, 11) is 0. The Morgan fingerprint density at radius 3 is 2.54 bits per heavy atom. The maximum atomic E-state index is 12.1. The summed E-state index contributed by atoms with van der Waals surface area (Å²) in [5, 5.41) is 3.56. The number of benzene rings is 2. The quantitative estimate of drug-likeness (QED) is 0.891. The molecule has 24 heavy (non-hydrogen) atoms. The Morgan fingerprint density at radius 2 is 1.88 bits per heavy atom.